The molecule has 0 bridgehead atoms. The molecule has 7 heteroatoms. The Labute approximate surface area is 152 Å². The van der Waals surface area contributed by atoms with E-state index in [-0.39, 0.29) is 24.9 Å². The molecule has 0 fully saturated rings. The number of nitrogens with two attached hydrogens (primary N) is 1. The minimum Gasteiger partial charge on any atom is -0.494 e. The molecule has 26 heavy (non-hydrogen) atoms. The van der Waals surface area contributed by atoms with Crippen LogP contribution in [0.3, 0.4) is 0 Å². The summed E-state index contributed by atoms with van der Waals surface area (Å²) in [6, 6.07) is 11.5. The lowest BCUT2D eigenvalue weighted by Crippen LogP contribution is -2.20. The van der Waals surface area contributed by atoms with E-state index in [0.717, 1.165) is 5.75 Å². The second-order valence-corrected chi connectivity index (χ2v) is 5.27. The van der Waals surface area contributed by atoms with Crippen molar-refractivity contribution < 1.29 is 23.8 Å². The third kappa shape index (κ3) is 5.41. The molecule has 0 aliphatic carbocycles. The molecule has 2 aromatic carbocycles. The summed E-state index contributed by atoms with van der Waals surface area (Å²) in [6.45, 7) is 4.22. The zero-order valence-corrected chi connectivity index (χ0v) is 14.8. The summed E-state index contributed by atoms with van der Waals surface area (Å²) in [5, 5.41) is 2.71. The van der Waals surface area contributed by atoms with Crippen molar-refractivity contribution in [2.45, 2.75) is 13.8 Å². The van der Waals surface area contributed by atoms with E-state index in [1.807, 2.05) is 6.92 Å². The zero-order chi connectivity index (χ0) is 18.9. The molecule has 0 aliphatic rings. The van der Waals surface area contributed by atoms with Gasteiger partial charge in [-0.15, -0.1) is 0 Å². The summed E-state index contributed by atoms with van der Waals surface area (Å²) >= 11 is 0. The molecule has 0 unspecified atom stereocenters. The molecule has 0 aliphatic heterocycles. The van der Waals surface area contributed by atoms with E-state index < -0.39 is 5.97 Å². The van der Waals surface area contributed by atoms with Gasteiger partial charge in [0.15, 0.2) is 6.61 Å². The van der Waals surface area contributed by atoms with Crippen LogP contribution in [-0.4, -0.2) is 31.7 Å². The Hall–Kier alpha value is -3.22. The number of esters is 1. The molecule has 2 rings (SSSR count). The number of nitrogens with one attached hydrogen (secondary N) is 1. The fourth-order valence-corrected chi connectivity index (χ4v) is 2.14. The number of hydrogen-bond acceptors (Lipinski definition) is 6. The molecule has 0 saturated heterocycles. The van der Waals surface area contributed by atoms with Gasteiger partial charge >= 0.3 is 5.97 Å². The normalized spacial score (nSPS) is 10.1. The molecule has 1 amide bonds. The second-order valence-electron chi connectivity index (χ2n) is 5.27. The van der Waals surface area contributed by atoms with Gasteiger partial charge in [-0.3, -0.25) is 4.79 Å². The van der Waals surface area contributed by atoms with Crippen LogP contribution in [0.5, 0.6) is 11.5 Å². The van der Waals surface area contributed by atoms with Crippen LogP contribution in [0.2, 0.25) is 0 Å². The number of anilines is 2. The van der Waals surface area contributed by atoms with E-state index in [2.05, 4.69) is 5.32 Å². The lowest BCUT2D eigenvalue weighted by molar-refractivity contribution is -0.118. The number of nitrogen functional groups attached to an aromatic ring is 1. The highest BCUT2D eigenvalue weighted by atomic mass is 16.5. The first-order valence-electron chi connectivity index (χ1n) is 8.25. The zero-order valence-electron chi connectivity index (χ0n) is 14.8. The Balaban J connectivity index is 1.94. The molecular weight excluding hydrogens is 336 g/mol. The lowest BCUT2D eigenvalue weighted by atomic mass is 10.2. The summed E-state index contributed by atoms with van der Waals surface area (Å²) in [4.78, 5) is 23.8. The molecule has 0 heterocycles. The number of carbonyl (C=O) groups excluding carboxylic acids is 2. The highest BCUT2D eigenvalue weighted by Gasteiger charge is 2.11. The van der Waals surface area contributed by atoms with E-state index in [1.165, 1.54) is 12.1 Å². The van der Waals surface area contributed by atoms with Gasteiger partial charge in [0.1, 0.15) is 11.5 Å². The predicted molar refractivity (Wildman–Crippen MR) is 98.5 cm³/mol. The van der Waals surface area contributed by atoms with Gasteiger partial charge in [-0.05, 0) is 56.3 Å². The fraction of sp³-hybridized carbons (Fsp3) is 0.263. The van der Waals surface area contributed by atoms with Crippen LogP contribution in [0.4, 0.5) is 11.4 Å². The van der Waals surface area contributed by atoms with Gasteiger partial charge < -0.3 is 25.3 Å². The highest BCUT2D eigenvalue weighted by molar-refractivity contribution is 5.92. The molecule has 2 aromatic rings. The number of benzene rings is 2. The van der Waals surface area contributed by atoms with Crippen molar-refractivity contribution in [3.05, 3.63) is 48.0 Å². The molecule has 0 radical (unpaired) electrons. The van der Waals surface area contributed by atoms with Crippen molar-refractivity contribution >= 4 is 23.3 Å². The standard InChI is InChI=1S/C19H22N2O5/c1-3-24-15-8-6-14(7-9-15)21-18(22)12-26-17-11-13(5-10-16(17)20)19(23)25-4-2/h5-11H,3-4,12,20H2,1-2H3,(H,21,22). The van der Waals surface area contributed by atoms with Gasteiger partial charge in [0.2, 0.25) is 0 Å². The number of ether oxygens (including phenoxy) is 3. The van der Waals surface area contributed by atoms with Gasteiger partial charge in [0, 0.05) is 5.69 Å². The van der Waals surface area contributed by atoms with Crippen LogP contribution >= 0.6 is 0 Å². The minimum absolute atomic E-state index is 0.246. The smallest absolute Gasteiger partial charge is 0.338 e. The van der Waals surface area contributed by atoms with Crippen LogP contribution in [-0.2, 0) is 9.53 Å². The summed E-state index contributed by atoms with van der Waals surface area (Å²) in [6.07, 6.45) is 0. The number of hydrogen-bond donors (Lipinski definition) is 2. The Bertz CT molecular complexity index is 759. The molecule has 0 spiro atoms. The maximum Gasteiger partial charge on any atom is 0.338 e. The van der Waals surface area contributed by atoms with Crippen LogP contribution in [0.1, 0.15) is 24.2 Å². The molecular formula is C19H22N2O5. The maximum absolute atomic E-state index is 12.0. The van der Waals surface area contributed by atoms with Crippen molar-refractivity contribution in [2.24, 2.45) is 0 Å². The molecule has 0 saturated carbocycles. The Morgan fingerprint density at radius 2 is 1.73 bits per heavy atom. The van der Waals surface area contributed by atoms with Crippen molar-refractivity contribution in [2.75, 3.05) is 30.9 Å². The monoisotopic (exact) mass is 358 g/mol. The number of carbonyl (C=O) groups is 2. The first-order valence-corrected chi connectivity index (χ1v) is 8.25. The average Bonchev–Trinajstić information content (AvgIpc) is 2.63. The Morgan fingerprint density at radius 1 is 1.00 bits per heavy atom. The SMILES string of the molecule is CCOC(=O)c1ccc(N)c(OCC(=O)Nc2ccc(OCC)cc2)c1. The minimum atomic E-state index is -0.476. The van der Waals surface area contributed by atoms with Crippen LogP contribution in [0.25, 0.3) is 0 Å². The maximum atomic E-state index is 12.0. The number of amides is 1. The molecule has 3 N–H and O–H groups in total. The molecule has 7 nitrogen and oxygen atoms in total. The number of rotatable bonds is 8. The largest absolute Gasteiger partial charge is 0.494 e. The van der Waals surface area contributed by atoms with E-state index in [1.54, 1.807) is 37.3 Å². The summed E-state index contributed by atoms with van der Waals surface area (Å²) in [5.41, 5.74) is 7.08. The van der Waals surface area contributed by atoms with E-state index in [0.29, 0.717) is 23.5 Å². The van der Waals surface area contributed by atoms with Crippen molar-refractivity contribution in [1.29, 1.82) is 0 Å². The van der Waals surface area contributed by atoms with Gasteiger partial charge in [0.05, 0.1) is 24.5 Å². The first-order chi connectivity index (χ1) is 12.5. The van der Waals surface area contributed by atoms with Crippen LogP contribution in [0.15, 0.2) is 42.5 Å². The van der Waals surface area contributed by atoms with Crippen molar-refractivity contribution in [3.63, 3.8) is 0 Å². The molecule has 138 valence electrons. The van der Waals surface area contributed by atoms with Gasteiger partial charge in [0.25, 0.3) is 5.91 Å². The third-order valence-electron chi connectivity index (χ3n) is 3.33. The van der Waals surface area contributed by atoms with Crippen LogP contribution in [0, 0.1) is 0 Å². The summed E-state index contributed by atoms with van der Waals surface area (Å²) in [7, 11) is 0. The first kappa shape index (κ1) is 19.1. The van der Waals surface area contributed by atoms with Crippen molar-refractivity contribution in [3.8, 4) is 11.5 Å². The van der Waals surface area contributed by atoms with Gasteiger partial charge in [-0.2, -0.15) is 0 Å². The second kappa shape index (κ2) is 9.31. The Morgan fingerprint density at radius 3 is 2.38 bits per heavy atom. The topological polar surface area (TPSA) is 99.9 Å². The average molecular weight is 358 g/mol. The summed E-state index contributed by atoms with van der Waals surface area (Å²) in [5.74, 6) is 0.147. The molecule has 0 aromatic heterocycles. The lowest BCUT2D eigenvalue weighted by Gasteiger charge is -2.11. The predicted octanol–water partition coefficient (Wildman–Crippen LogP) is 2.86. The fourth-order valence-electron chi connectivity index (χ4n) is 2.14. The van der Waals surface area contributed by atoms with E-state index >= 15 is 0 Å². The summed E-state index contributed by atoms with van der Waals surface area (Å²) < 4.78 is 15.7. The van der Waals surface area contributed by atoms with E-state index in [4.69, 9.17) is 19.9 Å². The van der Waals surface area contributed by atoms with Gasteiger partial charge in [-0.25, -0.2) is 4.79 Å². The highest BCUT2D eigenvalue weighted by Crippen LogP contribution is 2.23. The Kier molecular flexibility index (Phi) is 6.84. The third-order valence-corrected chi connectivity index (χ3v) is 3.33. The van der Waals surface area contributed by atoms with Crippen molar-refractivity contribution in [1.82, 2.24) is 0 Å². The quantitative estimate of drug-likeness (QED) is 0.556. The van der Waals surface area contributed by atoms with E-state index in [9.17, 15) is 9.59 Å². The van der Waals surface area contributed by atoms with Gasteiger partial charge in [-0.1, -0.05) is 0 Å². The molecule has 0 atom stereocenters. The van der Waals surface area contributed by atoms with Crippen LogP contribution < -0.4 is 20.5 Å².